The van der Waals surface area contributed by atoms with Crippen LogP contribution in [-0.4, -0.2) is 78.9 Å². The topological polar surface area (TPSA) is 151 Å². The third-order valence-corrected chi connectivity index (χ3v) is 5.29. The molecule has 2 aliphatic rings. The average Bonchev–Trinajstić information content (AvgIpc) is 3.42. The Balaban J connectivity index is 1.77. The predicted molar refractivity (Wildman–Crippen MR) is 94.7 cm³/mol. The maximum Gasteiger partial charge on any atom is 0.377 e. The molecule has 2 fully saturated rings. The van der Waals surface area contributed by atoms with Gasteiger partial charge in [-0.25, -0.2) is 14.3 Å². The largest absolute Gasteiger partial charge is 0.463 e. The first kappa shape index (κ1) is 19.0. The molecule has 152 valence electrons. The van der Waals surface area contributed by atoms with Crippen LogP contribution in [0.15, 0.2) is 6.20 Å². The van der Waals surface area contributed by atoms with Crippen molar-refractivity contribution in [1.29, 1.82) is 0 Å². The van der Waals surface area contributed by atoms with E-state index in [1.807, 2.05) is 0 Å². The van der Waals surface area contributed by atoms with Gasteiger partial charge >= 0.3 is 5.97 Å². The van der Waals surface area contributed by atoms with Gasteiger partial charge in [0.25, 0.3) is 5.82 Å². The molecule has 2 aromatic rings. The Kier molecular flexibility index (Phi) is 5.15. The van der Waals surface area contributed by atoms with Crippen molar-refractivity contribution in [3.05, 3.63) is 17.7 Å². The van der Waals surface area contributed by atoms with Crippen LogP contribution in [0.25, 0.3) is 5.65 Å². The fraction of sp³-hybridized carbons (Fsp3) is 0.647. The number of carbonyl (C=O) groups excluding carboxylic acids is 1. The molecule has 4 N–H and O–H groups in total. The Labute approximate surface area is 160 Å². The molecule has 0 spiro atoms. The van der Waals surface area contributed by atoms with Gasteiger partial charge in [0, 0.05) is 6.04 Å². The predicted octanol–water partition coefficient (Wildman–Crippen LogP) is -0.581. The van der Waals surface area contributed by atoms with Crippen LogP contribution < -0.4 is 5.32 Å². The zero-order chi connectivity index (χ0) is 19.8. The maximum atomic E-state index is 12.1. The highest BCUT2D eigenvalue weighted by Gasteiger charge is 2.44. The van der Waals surface area contributed by atoms with Crippen molar-refractivity contribution < 1.29 is 29.6 Å². The number of imidazole rings is 1. The van der Waals surface area contributed by atoms with Crippen LogP contribution in [0.2, 0.25) is 0 Å². The molecule has 4 atom stereocenters. The first-order valence-corrected chi connectivity index (χ1v) is 9.26. The van der Waals surface area contributed by atoms with Gasteiger partial charge in [0.15, 0.2) is 11.5 Å². The van der Waals surface area contributed by atoms with Gasteiger partial charge in [0.2, 0.25) is 0 Å². The molecule has 1 aliphatic carbocycles. The summed E-state index contributed by atoms with van der Waals surface area (Å²) in [6, 6.07) is 0.221. The van der Waals surface area contributed by atoms with Gasteiger partial charge in [-0.05, 0) is 12.8 Å². The molecule has 0 aromatic carbocycles. The summed E-state index contributed by atoms with van der Waals surface area (Å²) in [5, 5.41) is 37.2. The van der Waals surface area contributed by atoms with Gasteiger partial charge in [0.05, 0.1) is 25.6 Å². The van der Waals surface area contributed by atoms with E-state index in [-0.39, 0.29) is 11.9 Å². The lowest BCUT2D eigenvalue weighted by atomic mass is 10.1. The first-order chi connectivity index (χ1) is 13.5. The number of esters is 1. The van der Waals surface area contributed by atoms with E-state index in [9.17, 15) is 20.1 Å². The quantitative estimate of drug-likeness (QED) is 0.486. The van der Waals surface area contributed by atoms with Crippen molar-refractivity contribution in [1.82, 2.24) is 19.6 Å². The lowest BCUT2D eigenvalue weighted by Crippen LogP contribution is -2.32. The number of aliphatic hydroxyl groups is 3. The zero-order valence-corrected chi connectivity index (χ0v) is 15.4. The van der Waals surface area contributed by atoms with Crippen molar-refractivity contribution in [2.24, 2.45) is 0 Å². The fourth-order valence-electron chi connectivity index (χ4n) is 3.77. The number of methoxy groups -OCH3 is 1. The van der Waals surface area contributed by atoms with Crippen LogP contribution in [0.4, 0.5) is 5.82 Å². The Morgan fingerprint density at radius 2 is 2.11 bits per heavy atom. The standard InChI is InChI=1S/C17H23N5O6/c1-27-17(26)15-20-14(19-8-4-2-3-5-8)16-18-6-9(22(16)21-15)13-12(25)11(24)10(7-23)28-13/h6,8,10-13,23-25H,2-5,7H2,1H3,(H,19,20,21)/t10-,11-,12-,13+/m1/s1. The van der Waals surface area contributed by atoms with Crippen LogP contribution in [0, 0.1) is 0 Å². The third-order valence-electron chi connectivity index (χ3n) is 5.29. The van der Waals surface area contributed by atoms with Gasteiger partial charge < -0.3 is 30.1 Å². The fourth-order valence-corrected chi connectivity index (χ4v) is 3.77. The summed E-state index contributed by atoms with van der Waals surface area (Å²) in [5.41, 5.74) is 0.701. The van der Waals surface area contributed by atoms with Gasteiger partial charge in [-0.15, -0.1) is 5.10 Å². The SMILES string of the molecule is COC(=O)c1nc(NC2CCCC2)c2ncc([C@@H]3O[C@H](CO)[C@@H](O)[C@H]3O)n2n1. The first-order valence-electron chi connectivity index (χ1n) is 9.26. The van der Waals surface area contributed by atoms with E-state index in [0.717, 1.165) is 25.7 Å². The molecular formula is C17H23N5O6. The highest BCUT2D eigenvalue weighted by atomic mass is 16.6. The molecule has 28 heavy (non-hydrogen) atoms. The number of ether oxygens (including phenoxy) is 2. The normalized spacial score (nSPS) is 28.1. The van der Waals surface area contributed by atoms with Crippen LogP contribution in [-0.2, 0) is 9.47 Å². The van der Waals surface area contributed by atoms with Crippen molar-refractivity contribution in [3.8, 4) is 0 Å². The van der Waals surface area contributed by atoms with Crippen LogP contribution in [0.3, 0.4) is 0 Å². The lowest BCUT2D eigenvalue weighted by Gasteiger charge is -2.16. The minimum atomic E-state index is -1.28. The summed E-state index contributed by atoms with van der Waals surface area (Å²) in [6.07, 6.45) is 1.24. The number of nitrogens with zero attached hydrogens (tertiary/aromatic N) is 4. The van der Waals surface area contributed by atoms with Gasteiger partial charge in [-0.3, -0.25) is 0 Å². The molecule has 1 saturated carbocycles. The maximum absolute atomic E-state index is 12.1. The molecule has 4 rings (SSSR count). The van der Waals surface area contributed by atoms with E-state index in [1.54, 1.807) is 0 Å². The van der Waals surface area contributed by atoms with E-state index >= 15 is 0 Å². The molecule has 0 unspecified atom stereocenters. The number of hydrogen-bond donors (Lipinski definition) is 4. The molecular weight excluding hydrogens is 370 g/mol. The van der Waals surface area contributed by atoms with E-state index in [0.29, 0.717) is 17.2 Å². The minimum absolute atomic E-state index is 0.165. The second-order valence-corrected chi connectivity index (χ2v) is 7.08. The zero-order valence-electron chi connectivity index (χ0n) is 15.4. The van der Waals surface area contributed by atoms with Crippen molar-refractivity contribution >= 4 is 17.4 Å². The smallest absolute Gasteiger partial charge is 0.377 e. The third kappa shape index (κ3) is 3.20. The number of fused-ring (bicyclic) bond motifs is 1. The van der Waals surface area contributed by atoms with E-state index in [4.69, 9.17) is 9.47 Å². The van der Waals surface area contributed by atoms with Crippen LogP contribution in [0.5, 0.6) is 0 Å². The highest BCUT2D eigenvalue weighted by Crippen LogP contribution is 2.34. The number of aliphatic hydroxyl groups excluding tert-OH is 3. The molecule has 2 aromatic heterocycles. The minimum Gasteiger partial charge on any atom is -0.463 e. The average molecular weight is 393 g/mol. The van der Waals surface area contributed by atoms with Crippen LogP contribution >= 0.6 is 0 Å². The molecule has 0 radical (unpaired) electrons. The summed E-state index contributed by atoms with van der Waals surface area (Å²) < 4.78 is 11.7. The Bertz CT molecular complexity index is 867. The van der Waals surface area contributed by atoms with Crippen molar-refractivity contribution in [2.75, 3.05) is 19.0 Å². The molecule has 11 nitrogen and oxygen atoms in total. The monoisotopic (exact) mass is 393 g/mol. The second kappa shape index (κ2) is 7.59. The van der Waals surface area contributed by atoms with Crippen LogP contribution in [0.1, 0.15) is 48.1 Å². The summed E-state index contributed by atoms with van der Waals surface area (Å²) in [5.74, 6) is -0.487. The molecule has 11 heteroatoms. The summed E-state index contributed by atoms with van der Waals surface area (Å²) >= 11 is 0. The summed E-state index contributed by atoms with van der Waals surface area (Å²) in [7, 11) is 1.24. The highest BCUT2D eigenvalue weighted by molar-refractivity contribution is 5.86. The molecule has 0 amide bonds. The number of aromatic nitrogens is 4. The van der Waals surface area contributed by atoms with E-state index < -0.39 is 37.0 Å². The molecule has 1 aliphatic heterocycles. The number of rotatable bonds is 5. The Morgan fingerprint density at radius 3 is 2.75 bits per heavy atom. The number of hydrogen-bond acceptors (Lipinski definition) is 10. The molecule has 3 heterocycles. The Hall–Kier alpha value is -2.34. The van der Waals surface area contributed by atoms with Gasteiger partial charge in [-0.1, -0.05) is 12.8 Å². The van der Waals surface area contributed by atoms with Crippen molar-refractivity contribution in [2.45, 2.75) is 56.1 Å². The second-order valence-electron chi connectivity index (χ2n) is 7.08. The number of carbonyl (C=O) groups is 1. The summed E-state index contributed by atoms with van der Waals surface area (Å²) in [4.78, 5) is 20.7. The number of nitrogens with one attached hydrogen (secondary N) is 1. The molecule has 1 saturated heterocycles. The molecule has 0 bridgehead atoms. The van der Waals surface area contributed by atoms with E-state index in [1.165, 1.54) is 17.8 Å². The van der Waals surface area contributed by atoms with Crippen molar-refractivity contribution in [3.63, 3.8) is 0 Å². The van der Waals surface area contributed by atoms with Gasteiger partial charge in [0.1, 0.15) is 24.4 Å². The summed E-state index contributed by atoms with van der Waals surface area (Å²) in [6.45, 7) is -0.442. The van der Waals surface area contributed by atoms with E-state index in [2.05, 4.69) is 20.4 Å². The number of anilines is 1. The van der Waals surface area contributed by atoms with Gasteiger partial charge in [-0.2, -0.15) is 4.98 Å². The lowest BCUT2D eigenvalue weighted by molar-refractivity contribution is -0.0244. The Morgan fingerprint density at radius 1 is 1.36 bits per heavy atom.